The van der Waals surface area contributed by atoms with Crippen molar-refractivity contribution < 1.29 is 33.0 Å². The predicted octanol–water partition coefficient (Wildman–Crippen LogP) is 0.640. The number of carbonyl (C=O) groups excluding carboxylic acids is 2. The molecule has 1 amide bonds. The van der Waals surface area contributed by atoms with E-state index in [4.69, 9.17) is 5.11 Å². The molecular formula is C13H13F2NO5. The number of hydrogen-bond acceptors (Lipinski definition) is 4. The highest BCUT2D eigenvalue weighted by Gasteiger charge is 2.24. The number of nitrogens with one attached hydrogen (secondary N) is 1. The largest absolute Gasteiger partial charge is 0.480 e. The third-order valence-electron chi connectivity index (χ3n) is 2.61. The van der Waals surface area contributed by atoms with Crippen molar-refractivity contribution in [3.8, 4) is 0 Å². The third-order valence-corrected chi connectivity index (χ3v) is 2.61. The zero-order valence-corrected chi connectivity index (χ0v) is 11.1. The van der Waals surface area contributed by atoms with Gasteiger partial charge in [0.25, 0.3) is 0 Å². The minimum absolute atomic E-state index is 0.213. The topological polar surface area (TPSA) is 92.7 Å². The number of benzene rings is 1. The molecule has 21 heavy (non-hydrogen) atoms. The molecule has 0 saturated carbocycles. The number of aliphatic carboxylic acids is 1. The van der Waals surface area contributed by atoms with Crippen LogP contribution in [0.15, 0.2) is 18.2 Å². The van der Waals surface area contributed by atoms with Crippen LogP contribution in [-0.4, -0.2) is 36.1 Å². The van der Waals surface area contributed by atoms with E-state index < -0.39 is 48.4 Å². The van der Waals surface area contributed by atoms with Crippen LogP contribution in [0.5, 0.6) is 0 Å². The lowest BCUT2D eigenvalue weighted by Gasteiger charge is -2.13. The van der Waals surface area contributed by atoms with E-state index >= 15 is 0 Å². The number of hydrogen-bond donors (Lipinski definition) is 2. The first-order chi connectivity index (χ1) is 9.85. The van der Waals surface area contributed by atoms with E-state index in [0.29, 0.717) is 0 Å². The highest BCUT2D eigenvalue weighted by Crippen LogP contribution is 2.12. The summed E-state index contributed by atoms with van der Waals surface area (Å²) in [5.74, 6) is -5.39. The fraction of sp³-hybridized carbons (Fsp3) is 0.308. The van der Waals surface area contributed by atoms with E-state index in [-0.39, 0.29) is 5.56 Å². The second-order valence-electron chi connectivity index (χ2n) is 4.13. The lowest BCUT2D eigenvalue weighted by Crippen LogP contribution is -2.43. The molecule has 0 unspecified atom stereocenters. The Morgan fingerprint density at radius 1 is 1.33 bits per heavy atom. The van der Waals surface area contributed by atoms with Gasteiger partial charge in [-0.2, -0.15) is 0 Å². The van der Waals surface area contributed by atoms with Gasteiger partial charge < -0.3 is 15.2 Å². The number of carbonyl (C=O) groups is 3. The van der Waals surface area contributed by atoms with Crippen molar-refractivity contribution >= 4 is 17.8 Å². The highest BCUT2D eigenvalue weighted by molar-refractivity contribution is 5.88. The van der Waals surface area contributed by atoms with Gasteiger partial charge in [0.15, 0.2) is 11.6 Å². The summed E-state index contributed by atoms with van der Waals surface area (Å²) in [5, 5.41) is 10.9. The number of carboxylic acid groups (broad SMARTS) is 1. The number of amides is 1. The minimum atomic E-state index is -1.50. The van der Waals surface area contributed by atoms with Crippen molar-refractivity contribution in [1.29, 1.82) is 0 Å². The minimum Gasteiger partial charge on any atom is -0.480 e. The van der Waals surface area contributed by atoms with Crippen molar-refractivity contribution in [2.75, 3.05) is 7.11 Å². The zero-order chi connectivity index (χ0) is 16.0. The van der Waals surface area contributed by atoms with E-state index in [9.17, 15) is 23.2 Å². The molecule has 114 valence electrons. The van der Waals surface area contributed by atoms with Crippen molar-refractivity contribution in [2.45, 2.75) is 18.9 Å². The van der Waals surface area contributed by atoms with Gasteiger partial charge in [-0.15, -0.1) is 0 Å². The van der Waals surface area contributed by atoms with Gasteiger partial charge in [-0.1, -0.05) is 12.1 Å². The molecule has 8 heteroatoms. The third kappa shape index (κ3) is 4.83. The van der Waals surface area contributed by atoms with E-state index in [1.165, 1.54) is 12.1 Å². The molecule has 2 N–H and O–H groups in total. The van der Waals surface area contributed by atoms with Crippen LogP contribution in [0.4, 0.5) is 8.78 Å². The monoisotopic (exact) mass is 301 g/mol. The molecule has 6 nitrogen and oxygen atoms in total. The normalized spacial score (nSPS) is 11.6. The van der Waals surface area contributed by atoms with Crippen molar-refractivity contribution in [3.05, 3.63) is 35.4 Å². The maximum absolute atomic E-state index is 13.4. The second kappa shape index (κ2) is 7.32. The smallest absolute Gasteiger partial charge is 0.326 e. The molecule has 1 atom stereocenters. The first kappa shape index (κ1) is 16.5. The lowest BCUT2D eigenvalue weighted by atomic mass is 10.1. The van der Waals surface area contributed by atoms with E-state index in [0.717, 1.165) is 13.2 Å². The Balaban J connectivity index is 2.72. The second-order valence-corrected chi connectivity index (χ2v) is 4.13. The summed E-state index contributed by atoms with van der Waals surface area (Å²) < 4.78 is 30.7. The molecule has 0 heterocycles. The summed E-state index contributed by atoms with van der Waals surface area (Å²) in [6, 6.07) is 1.83. The van der Waals surface area contributed by atoms with Gasteiger partial charge in [0.1, 0.15) is 6.04 Å². The van der Waals surface area contributed by atoms with Gasteiger partial charge in [0.05, 0.1) is 20.0 Å². The number of carboxylic acids is 1. The van der Waals surface area contributed by atoms with Gasteiger partial charge in [0, 0.05) is 5.56 Å². The predicted molar refractivity (Wildman–Crippen MR) is 66.3 cm³/mol. The molecule has 0 spiro atoms. The zero-order valence-electron chi connectivity index (χ0n) is 11.1. The van der Waals surface area contributed by atoms with Gasteiger partial charge in [-0.3, -0.25) is 9.59 Å². The molecule has 0 aliphatic heterocycles. The maximum Gasteiger partial charge on any atom is 0.326 e. The Morgan fingerprint density at radius 3 is 2.57 bits per heavy atom. The Labute approximate surface area is 118 Å². The van der Waals surface area contributed by atoms with Crippen molar-refractivity contribution in [2.24, 2.45) is 0 Å². The lowest BCUT2D eigenvalue weighted by molar-refractivity contribution is -0.148. The van der Waals surface area contributed by atoms with Crippen LogP contribution in [0.3, 0.4) is 0 Å². The van der Waals surface area contributed by atoms with Crippen LogP contribution in [0.25, 0.3) is 0 Å². The number of methoxy groups -OCH3 is 1. The molecule has 0 radical (unpaired) electrons. The first-order valence-corrected chi connectivity index (χ1v) is 5.87. The summed E-state index contributed by atoms with van der Waals surface area (Å²) in [6.45, 7) is 0. The van der Waals surface area contributed by atoms with E-state index in [1.54, 1.807) is 0 Å². The van der Waals surface area contributed by atoms with Gasteiger partial charge in [0.2, 0.25) is 5.91 Å². The van der Waals surface area contributed by atoms with Gasteiger partial charge in [-0.25, -0.2) is 13.6 Å². The first-order valence-electron chi connectivity index (χ1n) is 5.87. The molecule has 0 saturated heterocycles. The average molecular weight is 301 g/mol. The van der Waals surface area contributed by atoms with Gasteiger partial charge >= 0.3 is 11.9 Å². The fourth-order valence-corrected chi connectivity index (χ4v) is 1.55. The molecule has 0 fully saturated rings. The van der Waals surface area contributed by atoms with E-state index in [1.807, 2.05) is 5.32 Å². The molecule has 0 aliphatic carbocycles. The van der Waals surface area contributed by atoms with Crippen molar-refractivity contribution in [1.82, 2.24) is 5.32 Å². The Bertz CT molecular complexity index is 561. The Hall–Kier alpha value is -2.51. The number of esters is 1. The maximum atomic E-state index is 13.4. The number of halogens is 2. The summed E-state index contributed by atoms with van der Waals surface area (Å²) in [6.07, 6.45) is -1.11. The molecule has 1 aromatic carbocycles. The number of rotatable bonds is 6. The molecule has 0 aromatic heterocycles. The van der Waals surface area contributed by atoms with Crippen LogP contribution < -0.4 is 5.32 Å². The Morgan fingerprint density at radius 2 is 2.00 bits per heavy atom. The van der Waals surface area contributed by atoms with Crippen LogP contribution in [0.2, 0.25) is 0 Å². The van der Waals surface area contributed by atoms with Gasteiger partial charge in [-0.05, 0) is 6.07 Å². The average Bonchev–Trinajstić information content (AvgIpc) is 2.42. The molecule has 0 bridgehead atoms. The molecule has 1 aromatic rings. The summed E-state index contributed by atoms with van der Waals surface area (Å²) >= 11 is 0. The molecular weight excluding hydrogens is 288 g/mol. The fourth-order valence-electron chi connectivity index (χ4n) is 1.55. The van der Waals surface area contributed by atoms with Crippen LogP contribution in [0.1, 0.15) is 12.0 Å². The van der Waals surface area contributed by atoms with Crippen LogP contribution in [-0.2, 0) is 25.5 Å². The molecule has 1 rings (SSSR count). The standard InChI is InChI=1S/C13H13F2NO5/c1-21-11(18)6-9(13(19)20)16-10(17)5-7-3-2-4-8(14)12(7)15/h2-4,9H,5-6H2,1H3,(H,16,17)(H,19,20)/t9-/m0/s1. The summed E-state index contributed by atoms with van der Waals surface area (Å²) in [4.78, 5) is 33.6. The SMILES string of the molecule is COC(=O)C[C@H](NC(=O)Cc1cccc(F)c1F)C(=O)O. The summed E-state index contributed by atoms with van der Waals surface area (Å²) in [7, 11) is 1.07. The molecule has 0 aliphatic rings. The number of ether oxygens (including phenoxy) is 1. The van der Waals surface area contributed by atoms with Crippen LogP contribution in [0, 0.1) is 11.6 Å². The van der Waals surface area contributed by atoms with Crippen molar-refractivity contribution in [3.63, 3.8) is 0 Å². The van der Waals surface area contributed by atoms with Crippen LogP contribution >= 0.6 is 0 Å². The highest BCUT2D eigenvalue weighted by atomic mass is 19.2. The Kier molecular flexibility index (Phi) is 5.77. The quantitative estimate of drug-likeness (QED) is 0.752. The summed E-state index contributed by atoms with van der Waals surface area (Å²) in [5.41, 5.74) is -0.213. The van der Waals surface area contributed by atoms with E-state index in [2.05, 4.69) is 4.74 Å².